The van der Waals surface area contributed by atoms with Gasteiger partial charge in [0.1, 0.15) is 11.4 Å². The third-order valence-corrected chi connectivity index (χ3v) is 10.9. The molecule has 4 N–H and O–H groups in total. The van der Waals surface area contributed by atoms with Gasteiger partial charge in [-0.1, -0.05) is 48.5 Å². The molecular weight excluding hydrogens is 859 g/mol. The summed E-state index contributed by atoms with van der Waals surface area (Å²) < 4.78 is 65.5. The zero-order chi connectivity index (χ0) is 43.8. The minimum absolute atomic E-state index is 0. The molecule has 0 atom stereocenters. The molecule has 0 spiro atoms. The smallest absolute Gasteiger partial charge is 0.748 e. The van der Waals surface area contributed by atoms with Gasteiger partial charge in [0.15, 0.2) is 23.0 Å². The first-order valence-corrected chi connectivity index (χ1v) is 21.8. The zero-order valence-corrected chi connectivity index (χ0v) is 40.9. The molecule has 0 amide bonds. The van der Waals surface area contributed by atoms with E-state index in [1.807, 2.05) is 52.0 Å². The molecule has 0 saturated carbocycles. The fourth-order valence-corrected chi connectivity index (χ4v) is 7.18. The number of phenols is 4. The van der Waals surface area contributed by atoms with Crippen molar-refractivity contribution in [1.29, 1.82) is 0 Å². The normalized spacial score (nSPS) is 11.6. The van der Waals surface area contributed by atoms with Gasteiger partial charge in [-0.15, -0.1) is 10.2 Å². The summed E-state index contributed by atoms with van der Waals surface area (Å²) in [7, 11) is -8.58. The average Bonchev–Trinajstić information content (AvgIpc) is 3.19. The van der Waals surface area contributed by atoms with Crippen molar-refractivity contribution >= 4 is 75.9 Å². The van der Waals surface area contributed by atoms with E-state index in [1.165, 1.54) is 12.1 Å². The molecule has 0 bridgehead atoms. The van der Waals surface area contributed by atoms with Crippen molar-refractivity contribution in [1.82, 2.24) is 0 Å². The fraction of sp³-hybridized carbons (Fsp3) is 0.238. The number of hydrogen-bond donors (Lipinski definition) is 4. The Morgan fingerprint density at radius 2 is 0.887 bits per heavy atom. The molecule has 0 radical (unpaired) electrons. The van der Waals surface area contributed by atoms with Crippen molar-refractivity contribution in [3.8, 4) is 23.0 Å². The van der Waals surface area contributed by atoms with Crippen LogP contribution in [0.1, 0.15) is 25.0 Å². The first-order chi connectivity index (χ1) is 28.4. The molecule has 0 heterocycles. The van der Waals surface area contributed by atoms with E-state index < -0.39 is 31.7 Å². The van der Waals surface area contributed by atoms with Crippen molar-refractivity contribution in [2.45, 2.75) is 27.7 Å². The fourth-order valence-electron chi connectivity index (χ4n) is 6.30. The molecule has 0 aliphatic rings. The summed E-state index contributed by atoms with van der Waals surface area (Å²) in [5, 5.41) is 59.9. The van der Waals surface area contributed by atoms with Gasteiger partial charge in [0, 0.05) is 48.3 Å². The molecule has 20 heteroatoms. The first-order valence-electron chi connectivity index (χ1n) is 18.7. The number of phenolic OH excluding ortho intramolecular Hbond substituents is 4. The van der Waals surface area contributed by atoms with E-state index in [4.69, 9.17) is 0 Å². The Bertz CT molecular complexity index is 2620. The first kappa shape index (κ1) is 52.0. The van der Waals surface area contributed by atoms with Crippen LogP contribution in [-0.2, 0) is 20.2 Å². The van der Waals surface area contributed by atoms with Crippen LogP contribution in [0.15, 0.2) is 118 Å². The second kappa shape index (κ2) is 22.8. The van der Waals surface area contributed by atoms with Crippen LogP contribution in [-0.4, -0.2) is 84.1 Å². The largest absolute Gasteiger partial charge is 1.00 e. The van der Waals surface area contributed by atoms with Gasteiger partial charge < -0.3 is 39.3 Å². The Morgan fingerprint density at radius 1 is 0.532 bits per heavy atom. The van der Waals surface area contributed by atoms with Crippen molar-refractivity contribution in [3.63, 3.8) is 0 Å². The van der Waals surface area contributed by atoms with Crippen LogP contribution in [0.5, 0.6) is 23.0 Å². The zero-order valence-electron chi connectivity index (χ0n) is 35.2. The van der Waals surface area contributed by atoms with Crippen LogP contribution in [0.3, 0.4) is 0 Å². The maximum absolute atomic E-state index is 10.9. The molecule has 0 unspecified atom stereocenters. The summed E-state index contributed by atoms with van der Waals surface area (Å²) >= 11 is 0. The van der Waals surface area contributed by atoms with E-state index in [2.05, 4.69) is 20.5 Å². The van der Waals surface area contributed by atoms with Gasteiger partial charge in [0.25, 0.3) is 0 Å². The van der Waals surface area contributed by atoms with Crippen LogP contribution in [0.25, 0.3) is 21.5 Å². The van der Waals surface area contributed by atoms with Gasteiger partial charge in [-0.05, 0) is 98.1 Å². The number of nitrogens with zero attached hydrogens (tertiary/aromatic N) is 6. The molecule has 316 valence electrons. The Hall–Kier alpha value is -4.34. The van der Waals surface area contributed by atoms with Gasteiger partial charge in [-0.25, -0.2) is 16.8 Å². The van der Waals surface area contributed by atoms with Crippen LogP contribution in [0.4, 0.5) is 34.1 Å². The number of aromatic hydroxyl groups is 4. The van der Waals surface area contributed by atoms with E-state index >= 15 is 0 Å². The quantitative estimate of drug-likeness (QED) is 0.0533. The van der Waals surface area contributed by atoms with Crippen LogP contribution >= 0.6 is 0 Å². The minimum atomic E-state index is -4.29. The standard InChI is InChI=1S/2C21H23N3O5S.2Na/c2*1-3-24(10-11-30(27,28)29)16-8-9-18(14(2)12-16)22-23-20-17-7-5-4-6-15(17)13-19(25)21(20)26;;/h2*4-9,12-13,25-26H,3,10-11H2,1-2H3,(H,27,28,29);;/q;;2*+1/p-2. The maximum atomic E-state index is 10.9. The van der Waals surface area contributed by atoms with E-state index in [0.717, 1.165) is 33.3 Å². The SMILES string of the molecule is CCN(CCS(=O)(=O)[O-])c1ccc(N=Nc2c(O)c(O)cc3ccccc23)c(C)c1.CCN(CCS(=O)(=O)[O-])c1ccc(N=Nc2c(O)c(O)cc3ccccc23)c(C)c1.[Na+].[Na+]. The van der Waals surface area contributed by atoms with Crippen LogP contribution in [0.2, 0.25) is 0 Å². The summed E-state index contributed by atoms with van der Waals surface area (Å²) in [5.74, 6) is -2.18. The second-order valence-electron chi connectivity index (χ2n) is 13.7. The van der Waals surface area contributed by atoms with Crippen LogP contribution in [0, 0.1) is 13.8 Å². The Morgan fingerprint density at radius 3 is 1.21 bits per heavy atom. The van der Waals surface area contributed by atoms with E-state index in [9.17, 15) is 46.4 Å². The minimum Gasteiger partial charge on any atom is -0.748 e. The Labute approximate surface area is 404 Å². The second-order valence-corrected chi connectivity index (χ2v) is 16.7. The topological polar surface area (TPSA) is 251 Å². The molecule has 0 aromatic heterocycles. The monoisotopic (exact) mass is 902 g/mol. The van der Waals surface area contributed by atoms with Gasteiger partial charge in [-0.3, -0.25) is 0 Å². The Balaban J connectivity index is 0.000000320. The van der Waals surface area contributed by atoms with E-state index in [1.54, 1.807) is 70.5 Å². The molecule has 0 aliphatic carbocycles. The third-order valence-electron chi connectivity index (χ3n) is 9.54. The molecule has 16 nitrogen and oxygen atoms in total. The van der Waals surface area contributed by atoms with Gasteiger partial charge in [0.05, 0.1) is 43.1 Å². The summed E-state index contributed by atoms with van der Waals surface area (Å²) in [5.41, 5.74) is 4.55. The van der Waals surface area contributed by atoms with Gasteiger partial charge >= 0.3 is 59.1 Å². The predicted molar refractivity (Wildman–Crippen MR) is 230 cm³/mol. The number of anilines is 2. The number of azo groups is 2. The number of aryl methyl sites for hydroxylation is 2. The van der Waals surface area contributed by atoms with Gasteiger partial charge in [0.2, 0.25) is 0 Å². The Kier molecular flexibility index (Phi) is 19.2. The molecule has 6 rings (SSSR count). The van der Waals surface area contributed by atoms with Crippen molar-refractivity contribution in [2.75, 3.05) is 47.5 Å². The molecule has 62 heavy (non-hydrogen) atoms. The summed E-state index contributed by atoms with van der Waals surface area (Å²) in [6.07, 6.45) is 0. The van der Waals surface area contributed by atoms with Gasteiger partial charge in [-0.2, -0.15) is 10.2 Å². The predicted octanol–water partition coefficient (Wildman–Crippen LogP) is 2.70. The third kappa shape index (κ3) is 13.8. The molecular formula is C42H44N6Na2O10S2. The molecule has 0 fully saturated rings. The number of hydrogen-bond acceptors (Lipinski definition) is 16. The van der Waals surface area contributed by atoms with Crippen molar-refractivity contribution in [2.24, 2.45) is 20.5 Å². The number of benzene rings is 6. The number of fused-ring (bicyclic) bond motifs is 2. The molecule has 0 saturated heterocycles. The average molecular weight is 903 g/mol. The summed E-state index contributed by atoms with van der Waals surface area (Å²) in [6, 6.07) is 28.0. The number of rotatable bonds is 14. The molecule has 0 aliphatic heterocycles. The van der Waals surface area contributed by atoms with Crippen LogP contribution < -0.4 is 68.9 Å². The van der Waals surface area contributed by atoms with E-state index in [-0.39, 0.29) is 107 Å². The summed E-state index contributed by atoms with van der Waals surface area (Å²) in [4.78, 5) is 3.58. The van der Waals surface area contributed by atoms with Crippen molar-refractivity contribution < 1.29 is 105 Å². The summed E-state index contributed by atoms with van der Waals surface area (Å²) in [6.45, 7) is 8.69. The maximum Gasteiger partial charge on any atom is 1.00 e. The molecule has 6 aromatic carbocycles. The van der Waals surface area contributed by atoms with Crippen molar-refractivity contribution in [3.05, 3.63) is 108 Å². The van der Waals surface area contributed by atoms with E-state index in [0.29, 0.717) is 35.2 Å². The molecule has 6 aromatic rings.